The predicted octanol–water partition coefficient (Wildman–Crippen LogP) is 2.47. The first kappa shape index (κ1) is 25.5. The summed E-state index contributed by atoms with van der Waals surface area (Å²) in [4.78, 5) is 12.4. The number of nitrogens with one attached hydrogen (secondary N) is 1. The average molecular weight is 429 g/mol. The minimum Gasteiger partial charge on any atom is -0.389 e. The van der Waals surface area contributed by atoms with Crippen molar-refractivity contribution in [2.24, 2.45) is 17.6 Å². The van der Waals surface area contributed by atoms with Gasteiger partial charge in [0.2, 0.25) is 5.91 Å². The molecule has 2 heterocycles. The van der Waals surface area contributed by atoms with E-state index in [4.69, 9.17) is 15.2 Å². The minimum absolute atomic E-state index is 0.0358. The first-order valence-electron chi connectivity index (χ1n) is 12.1. The molecule has 0 aromatic carbocycles. The number of nitrogens with two attached hydrogens (primary N) is 1. The lowest BCUT2D eigenvalue weighted by Gasteiger charge is -2.42. The highest BCUT2D eigenvalue weighted by Gasteiger charge is 2.42. The molecule has 0 aromatic rings. The average Bonchev–Trinajstić information content (AvgIpc) is 2.74. The number of aliphatic hydroxyl groups excluding tert-OH is 2. The second kappa shape index (κ2) is 13.0. The second-order valence-electron chi connectivity index (χ2n) is 9.14. The van der Waals surface area contributed by atoms with Crippen molar-refractivity contribution < 1.29 is 24.5 Å². The Labute approximate surface area is 182 Å². The molecule has 7 nitrogen and oxygen atoms in total. The highest BCUT2D eigenvalue weighted by molar-refractivity contribution is 5.78. The molecule has 7 heteroatoms. The smallest absolute Gasteiger partial charge is 0.223 e. The molecule has 0 aliphatic carbocycles. The van der Waals surface area contributed by atoms with Gasteiger partial charge < -0.3 is 30.7 Å². The van der Waals surface area contributed by atoms with Crippen LogP contribution >= 0.6 is 0 Å². The zero-order valence-electron chi connectivity index (χ0n) is 19.1. The molecular weight excluding hydrogens is 384 g/mol. The summed E-state index contributed by atoms with van der Waals surface area (Å²) >= 11 is 0. The highest BCUT2D eigenvalue weighted by Crippen LogP contribution is 2.29. The van der Waals surface area contributed by atoms with E-state index in [-0.39, 0.29) is 17.9 Å². The Morgan fingerprint density at radius 2 is 1.73 bits per heavy atom. The molecule has 0 spiro atoms. The Kier molecular flexibility index (Phi) is 11.0. The van der Waals surface area contributed by atoms with E-state index in [2.05, 4.69) is 19.2 Å². The Morgan fingerprint density at radius 1 is 1.03 bits per heavy atom. The van der Waals surface area contributed by atoms with Crippen LogP contribution in [0.3, 0.4) is 0 Å². The molecular formula is C23H44N2O5. The van der Waals surface area contributed by atoms with Gasteiger partial charge in [-0.3, -0.25) is 4.79 Å². The number of hydrogen-bond acceptors (Lipinski definition) is 6. The lowest BCUT2D eigenvalue weighted by atomic mass is 9.89. The van der Waals surface area contributed by atoms with Crippen LogP contribution in [0.25, 0.3) is 0 Å². The third-order valence-electron chi connectivity index (χ3n) is 6.96. The maximum Gasteiger partial charge on any atom is 0.223 e. The number of amides is 1. The highest BCUT2D eigenvalue weighted by atomic mass is 16.7. The summed E-state index contributed by atoms with van der Waals surface area (Å²) in [5.74, 6) is 0.647. The van der Waals surface area contributed by atoms with E-state index in [9.17, 15) is 15.0 Å². The molecule has 1 amide bonds. The number of carbonyl (C=O) groups is 1. The standard InChI is InChI=1S/C23H44N2O5/c1-4-16-12-10-14-25-22(28)17(5-2)11-8-6-7-9-13-18(16)30-23-21(27)19(24)20(26)15(3)29-23/h15-21,23,26-27H,4-14,24H2,1-3H3,(H,25,28)/t15-,16-,17-,18-,19+,20+,21+,23+/m1/s1. The molecule has 2 saturated heterocycles. The first-order valence-corrected chi connectivity index (χ1v) is 12.1. The van der Waals surface area contributed by atoms with Gasteiger partial charge in [-0.15, -0.1) is 0 Å². The molecule has 8 atom stereocenters. The van der Waals surface area contributed by atoms with Gasteiger partial charge in [0.25, 0.3) is 0 Å². The van der Waals surface area contributed by atoms with Crippen LogP contribution in [-0.4, -0.2) is 59.4 Å². The van der Waals surface area contributed by atoms with Crippen LogP contribution < -0.4 is 11.1 Å². The fourth-order valence-electron chi connectivity index (χ4n) is 4.75. The molecule has 5 N–H and O–H groups in total. The number of rotatable bonds is 4. The quantitative estimate of drug-likeness (QED) is 0.547. The van der Waals surface area contributed by atoms with Gasteiger partial charge in [-0.05, 0) is 44.9 Å². The zero-order valence-corrected chi connectivity index (χ0v) is 19.1. The number of aliphatic hydroxyl groups is 2. The van der Waals surface area contributed by atoms with E-state index >= 15 is 0 Å². The summed E-state index contributed by atoms with van der Waals surface area (Å²) < 4.78 is 12.1. The fraction of sp³-hybridized carbons (Fsp3) is 0.957. The molecule has 2 rings (SSSR count). The normalized spacial score (nSPS) is 40.4. The number of hydrogen-bond donors (Lipinski definition) is 4. The van der Waals surface area contributed by atoms with Gasteiger partial charge in [-0.2, -0.15) is 0 Å². The Hall–Kier alpha value is -0.730. The van der Waals surface area contributed by atoms with E-state index in [1.807, 2.05) is 0 Å². The van der Waals surface area contributed by atoms with Crippen LogP contribution in [0.4, 0.5) is 0 Å². The summed E-state index contributed by atoms with van der Waals surface area (Å²) in [5.41, 5.74) is 5.98. The van der Waals surface area contributed by atoms with Crippen LogP contribution in [0.5, 0.6) is 0 Å². The Morgan fingerprint density at radius 3 is 2.40 bits per heavy atom. The Balaban J connectivity index is 2.01. The number of ether oxygens (including phenoxy) is 2. The Bertz CT molecular complexity index is 506. The van der Waals surface area contributed by atoms with Gasteiger partial charge in [0.1, 0.15) is 6.10 Å². The van der Waals surface area contributed by atoms with Crippen LogP contribution in [0, 0.1) is 11.8 Å². The van der Waals surface area contributed by atoms with E-state index in [1.54, 1.807) is 6.92 Å². The minimum atomic E-state index is -1.05. The summed E-state index contributed by atoms with van der Waals surface area (Å²) in [6, 6.07) is -0.779. The van der Waals surface area contributed by atoms with Crippen LogP contribution in [0.15, 0.2) is 0 Å². The summed E-state index contributed by atoms with van der Waals surface area (Å²) in [6.45, 7) is 6.70. The van der Waals surface area contributed by atoms with E-state index < -0.39 is 30.6 Å². The van der Waals surface area contributed by atoms with Crippen molar-refractivity contribution in [1.29, 1.82) is 0 Å². The number of carbonyl (C=O) groups excluding carboxylic acids is 1. The molecule has 2 aliphatic heterocycles. The SMILES string of the molecule is CC[C@@H]1CCCCCC[C@@H](O[C@@H]2O[C@H](C)[C@H](O)[C@H](N)[C@@H]2O)[C@H](CC)CCCNC1=O. The van der Waals surface area contributed by atoms with Crippen molar-refractivity contribution in [3.63, 3.8) is 0 Å². The summed E-state index contributed by atoms with van der Waals surface area (Å²) in [7, 11) is 0. The maximum absolute atomic E-state index is 12.4. The molecule has 0 unspecified atom stereocenters. The first-order chi connectivity index (χ1) is 14.4. The third kappa shape index (κ3) is 7.16. The van der Waals surface area contributed by atoms with Crippen molar-refractivity contribution in [2.75, 3.05) is 6.54 Å². The van der Waals surface area contributed by atoms with Crippen LogP contribution in [-0.2, 0) is 14.3 Å². The molecule has 30 heavy (non-hydrogen) atoms. The van der Waals surface area contributed by atoms with Gasteiger partial charge in [-0.25, -0.2) is 0 Å². The van der Waals surface area contributed by atoms with E-state index in [1.165, 1.54) is 0 Å². The van der Waals surface area contributed by atoms with Gasteiger partial charge in [0.15, 0.2) is 6.29 Å². The van der Waals surface area contributed by atoms with Crippen molar-refractivity contribution in [1.82, 2.24) is 5.32 Å². The monoisotopic (exact) mass is 428 g/mol. The fourth-order valence-corrected chi connectivity index (χ4v) is 4.75. The largest absolute Gasteiger partial charge is 0.389 e. The maximum atomic E-state index is 12.4. The van der Waals surface area contributed by atoms with Gasteiger partial charge >= 0.3 is 0 Å². The zero-order chi connectivity index (χ0) is 22.1. The van der Waals surface area contributed by atoms with Crippen molar-refractivity contribution in [2.45, 2.75) is 122 Å². The summed E-state index contributed by atoms with van der Waals surface area (Å²) in [5, 5.41) is 23.7. The molecule has 176 valence electrons. The third-order valence-corrected chi connectivity index (χ3v) is 6.96. The van der Waals surface area contributed by atoms with Crippen molar-refractivity contribution >= 4 is 5.91 Å². The van der Waals surface area contributed by atoms with Gasteiger partial charge in [-0.1, -0.05) is 46.0 Å². The molecule has 0 saturated carbocycles. The predicted molar refractivity (Wildman–Crippen MR) is 117 cm³/mol. The van der Waals surface area contributed by atoms with Crippen molar-refractivity contribution in [3.05, 3.63) is 0 Å². The molecule has 0 radical (unpaired) electrons. The lowest BCUT2D eigenvalue weighted by Crippen LogP contribution is -2.61. The van der Waals surface area contributed by atoms with Gasteiger partial charge in [0.05, 0.1) is 24.4 Å². The topological polar surface area (TPSA) is 114 Å². The van der Waals surface area contributed by atoms with Crippen molar-refractivity contribution in [3.8, 4) is 0 Å². The van der Waals surface area contributed by atoms with Crippen LogP contribution in [0.1, 0.15) is 85.0 Å². The molecule has 2 aliphatic rings. The second-order valence-corrected chi connectivity index (χ2v) is 9.14. The van der Waals surface area contributed by atoms with Crippen LogP contribution in [0.2, 0.25) is 0 Å². The summed E-state index contributed by atoms with van der Waals surface area (Å²) in [6.07, 6.45) is 6.66. The molecule has 2 fully saturated rings. The molecule has 0 aromatic heterocycles. The molecule has 0 bridgehead atoms. The van der Waals surface area contributed by atoms with E-state index in [0.717, 1.165) is 64.2 Å². The van der Waals surface area contributed by atoms with E-state index in [0.29, 0.717) is 12.5 Å². The van der Waals surface area contributed by atoms with Gasteiger partial charge in [0, 0.05) is 12.5 Å². The lowest BCUT2D eigenvalue weighted by molar-refractivity contribution is -0.286.